The van der Waals surface area contributed by atoms with Gasteiger partial charge in [-0.1, -0.05) is 17.7 Å². The van der Waals surface area contributed by atoms with Gasteiger partial charge in [-0.25, -0.2) is 9.97 Å². The number of nitrogens with zero attached hydrogens (tertiary/aromatic N) is 3. The maximum atomic E-state index is 5.94. The Kier molecular flexibility index (Phi) is 3.39. The molecule has 0 aliphatic carbocycles. The summed E-state index contributed by atoms with van der Waals surface area (Å²) < 4.78 is 0. The minimum Gasteiger partial charge on any atom is -0.324 e. The third-order valence-corrected chi connectivity index (χ3v) is 3.45. The van der Waals surface area contributed by atoms with E-state index >= 15 is 0 Å². The number of nitrogens with one attached hydrogen (secondary N) is 1. The van der Waals surface area contributed by atoms with Gasteiger partial charge in [-0.2, -0.15) is 0 Å². The molecule has 94 valence electrons. The number of rotatable bonds is 3. The Bertz CT molecular complexity index is 685. The highest BCUT2D eigenvalue weighted by Gasteiger charge is 2.04. The van der Waals surface area contributed by atoms with E-state index < -0.39 is 0 Å². The van der Waals surface area contributed by atoms with Crippen molar-refractivity contribution in [3.63, 3.8) is 0 Å². The van der Waals surface area contributed by atoms with Crippen LogP contribution in [0.1, 0.15) is 0 Å². The van der Waals surface area contributed by atoms with Crippen LogP contribution < -0.4 is 5.32 Å². The Morgan fingerprint density at radius 1 is 1.21 bits per heavy atom. The van der Waals surface area contributed by atoms with Crippen LogP contribution in [0.2, 0.25) is 5.02 Å². The van der Waals surface area contributed by atoms with Crippen molar-refractivity contribution in [1.82, 2.24) is 15.0 Å². The van der Waals surface area contributed by atoms with E-state index in [1.807, 2.05) is 30.3 Å². The molecule has 0 spiro atoms. The molecule has 19 heavy (non-hydrogen) atoms. The zero-order chi connectivity index (χ0) is 13.1. The SMILES string of the molecule is Clc1cccc(Nc2nccc(-c3cncs3)n2)c1. The van der Waals surface area contributed by atoms with Gasteiger partial charge in [0.2, 0.25) is 5.95 Å². The Morgan fingerprint density at radius 2 is 2.16 bits per heavy atom. The van der Waals surface area contributed by atoms with Crippen LogP contribution in [-0.2, 0) is 0 Å². The monoisotopic (exact) mass is 288 g/mol. The van der Waals surface area contributed by atoms with Crippen molar-refractivity contribution in [3.05, 3.63) is 53.3 Å². The number of thiazole rings is 1. The van der Waals surface area contributed by atoms with Gasteiger partial charge in [0.05, 0.1) is 16.1 Å². The van der Waals surface area contributed by atoms with Gasteiger partial charge in [0.1, 0.15) is 0 Å². The fraction of sp³-hybridized carbons (Fsp3) is 0. The summed E-state index contributed by atoms with van der Waals surface area (Å²) >= 11 is 7.48. The molecule has 1 aromatic carbocycles. The maximum Gasteiger partial charge on any atom is 0.227 e. The van der Waals surface area contributed by atoms with E-state index in [2.05, 4.69) is 20.3 Å². The minimum atomic E-state index is 0.535. The lowest BCUT2D eigenvalue weighted by atomic mass is 10.3. The van der Waals surface area contributed by atoms with E-state index in [1.54, 1.807) is 29.2 Å². The number of aromatic nitrogens is 3. The summed E-state index contributed by atoms with van der Waals surface area (Å²) in [7, 11) is 0. The van der Waals surface area contributed by atoms with Crippen LogP contribution in [0.5, 0.6) is 0 Å². The molecular weight excluding hydrogens is 280 g/mol. The molecule has 2 heterocycles. The zero-order valence-electron chi connectivity index (χ0n) is 9.75. The molecular formula is C13H9ClN4S. The third kappa shape index (κ3) is 2.89. The smallest absolute Gasteiger partial charge is 0.227 e. The molecule has 3 rings (SSSR count). The van der Waals surface area contributed by atoms with Crippen molar-refractivity contribution in [2.24, 2.45) is 0 Å². The molecule has 0 radical (unpaired) electrons. The predicted octanol–water partition coefficient (Wildman–Crippen LogP) is 4.00. The number of halogens is 1. The number of benzene rings is 1. The Morgan fingerprint density at radius 3 is 2.95 bits per heavy atom. The molecule has 0 aliphatic rings. The summed E-state index contributed by atoms with van der Waals surface area (Å²) in [6.45, 7) is 0. The molecule has 0 aliphatic heterocycles. The largest absolute Gasteiger partial charge is 0.324 e. The second-order valence-electron chi connectivity index (χ2n) is 3.77. The second kappa shape index (κ2) is 5.34. The molecule has 1 N–H and O–H groups in total. The minimum absolute atomic E-state index is 0.535. The van der Waals surface area contributed by atoms with Gasteiger partial charge >= 0.3 is 0 Å². The highest BCUT2D eigenvalue weighted by molar-refractivity contribution is 7.13. The predicted molar refractivity (Wildman–Crippen MR) is 77.9 cm³/mol. The summed E-state index contributed by atoms with van der Waals surface area (Å²) in [6.07, 6.45) is 3.51. The normalized spacial score (nSPS) is 10.4. The summed E-state index contributed by atoms with van der Waals surface area (Å²) in [5, 5.41) is 3.79. The van der Waals surface area contributed by atoms with Gasteiger partial charge in [0, 0.05) is 23.1 Å². The highest BCUT2D eigenvalue weighted by Crippen LogP contribution is 2.23. The Labute approximate surface area is 119 Å². The zero-order valence-corrected chi connectivity index (χ0v) is 11.3. The highest BCUT2D eigenvalue weighted by atomic mass is 35.5. The quantitative estimate of drug-likeness (QED) is 0.791. The fourth-order valence-electron chi connectivity index (χ4n) is 1.59. The average Bonchev–Trinajstić information content (AvgIpc) is 2.93. The van der Waals surface area contributed by atoms with Crippen LogP contribution >= 0.6 is 22.9 Å². The van der Waals surface area contributed by atoms with Crippen LogP contribution in [0.3, 0.4) is 0 Å². The van der Waals surface area contributed by atoms with E-state index in [0.29, 0.717) is 11.0 Å². The first-order valence-electron chi connectivity index (χ1n) is 5.56. The first kappa shape index (κ1) is 12.1. The maximum absolute atomic E-state index is 5.94. The van der Waals surface area contributed by atoms with Crippen molar-refractivity contribution in [3.8, 4) is 10.6 Å². The van der Waals surface area contributed by atoms with Gasteiger partial charge < -0.3 is 5.32 Å². The fourth-order valence-corrected chi connectivity index (χ4v) is 2.38. The molecule has 4 nitrogen and oxygen atoms in total. The van der Waals surface area contributed by atoms with Crippen LogP contribution in [0.25, 0.3) is 10.6 Å². The van der Waals surface area contributed by atoms with Crippen molar-refractivity contribution in [1.29, 1.82) is 0 Å². The molecule has 0 saturated carbocycles. The van der Waals surface area contributed by atoms with Crippen LogP contribution in [-0.4, -0.2) is 15.0 Å². The van der Waals surface area contributed by atoms with Crippen LogP contribution in [0.15, 0.2) is 48.2 Å². The summed E-state index contributed by atoms with van der Waals surface area (Å²) in [5.74, 6) is 0.535. The lowest BCUT2D eigenvalue weighted by Crippen LogP contribution is -1.97. The van der Waals surface area contributed by atoms with Crippen LogP contribution in [0, 0.1) is 0 Å². The first-order chi connectivity index (χ1) is 9.31. The number of hydrogen-bond acceptors (Lipinski definition) is 5. The average molecular weight is 289 g/mol. The summed E-state index contributed by atoms with van der Waals surface area (Å²) in [5.41, 5.74) is 3.48. The second-order valence-corrected chi connectivity index (χ2v) is 5.09. The molecule has 0 saturated heterocycles. The first-order valence-corrected chi connectivity index (χ1v) is 6.81. The Hall–Kier alpha value is -1.98. The van der Waals surface area contributed by atoms with Gasteiger partial charge in [0.15, 0.2) is 0 Å². The molecule has 0 unspecified atom stereocenters. The molecule has 2 aromatic heterocycles. The van der Waals surface area contributed by atoms with Crippen molar-refractivity contribution < 1.29 is 0 Å². The molecule has 0 bridgehead atoms. The van der Waals surface area contributed by atoms with Gasteiger partial charge in [-0.3, -0.25) is 4.98 Å². The van der Waals surface area contributed by atoms with Crippen LogP contribution in [0.4, 0.5) is 11.6 Å². The van der Waals surface area contributed by atoms with E-state index in [4.69, 9.17) is 11.6 Å². The summed E-state index contributed by atoms with van der Waals surface area (Å²) in [4.78, 5) is 13.7. The van der Waals surface area contributed by atoms with E-state index in [9.17, 15) is 0 Å². The molecule has 0 fully saturated rings. The van der Waals surface area contributed by atoms with Gasteiger partial charge in [-0.05, 0) is 24.3 Å². The molecule has 3 aromatic rings. The van der Waals surface area contributed by atoms with Crippen molar-refractivity contribution >= 4 is 34.6 Å². The van der Waals surface area contributed by atoms with E-state index in [1.165, 1.54) is 0 Å². The number of anilines is 2. The van der Waals surface area contributed by atoms with Gasteiger partial charge in [-0.15, -0.1) is 11.3 Å². The molecule has 0 amide bonds. The van der Waals surface area contributed by atoms with Crippen molar-refractivity contribution in [2.75, 3.05) is 5.32 Å². The lowest BCUT2D eigenvalue weighted by Gasteiger charge is -2.05. The van der Waals surface area contributed by atoms with E-state index in [-0.39, 0.29) is 0 Å². The van der Waals surface area contributed by atoms with E-state index in [0.717, 1.165) is 16.3 Å². The lowest BCUT2D eigenvalue weighted by molar-refractivity contribution is 1.17. The molecule has 0 atom stereocenters. The standard InChI is InChI=1S/C13H9ClN4S/c14-9-2-1-3-10(6-9)17-13-16-5-4-11(18-13)12-7-15-8-19-12/h1-8H,(H,16,17,18). The Balaban J connectivity index is 1.88. The number of hydrogen-bond donors (Lipinski definition) is 1. The van der Waals surface area contributed by atoms with Crippen molar-refractivity contribution in [2.45, 2.75) is 0 Å². The summed E-state index contributed by atoms with van der Waals surface area (Å²) in [6, 6.07) is 9.29. The third-order valence-electron chi connectivity index (χ3n) is 2.42. The molecule has 6 heteroatoms. The topological polar surface area (TPSA) is 50.7 Å². The van der Waals surface area contributed by atoms with Gasteiger partial charge in [0.25, 0.3) is 0 Å².